The van der Waals surface area contributed by atoms with Gasteiger partial charge in [-0.3, -0.25) is 9.59 Å². The lowest BCUT2D eigenvalue weighted by Crippen LogP contribution is -2.35. The van der Waals surface area contributed by atoms with Gasteiger partial charge in [-0.15, -0.1) is 0 Å². The van der Waals surface area contributed by atoms with Gasteiger partial charge in [0, 0.05) is 25.8 Å². The van der Waals surface area contributed by atoms with Gasteiger partial charge in [0.25, 0.3) is 5.91 Å². The molecule has 1 aromatic rings. The monoisotopic (exact) mass is 295 g/mol. The van der Waals surface area contributed by atoms with Crippen molar-refractivity contribution in [3.8, 4) is 0 Å². The van der Waals surface area contributed by atoms with Crippen LogP contribution in [0.4, 0.5) is 5.69 Å². The zero-order valence-corrected chi connectivity index (χ0v) is 12.2. The first kappa shape index (κ1) is 17.1. The van der Waals surface area contributed by atoms with E-state index in [-0.39, 0.29) is 18.9 Å². The Hall–Kier alpha value is -1.92. The number of rotatable bonds is 10. The highest BCUT2D eigenvalue weighted by molar-refractivity contribution is 5.94. The Morgan fingerprint density at radius 3 is 2.52 bits per heavy atom. The van der Waals surface area contributed by atoms with Gasteiger partial charge in [-0.25, -0.2) is 0 Å². The lowest BCUT2D eigenvalue weighted by Gasteiger charge is -2.22. The molecule has 0 atom stereocenters. The van der Waals surface area contributed by atoms with Gasteiger partial charge in [0.15, 0.2) is 0 Å². The highest BCUT2D eigenvalue weighted by atomic mass is 16.5. The molecule has 0 radical (unpaired) electrons. The van der Waals surface area contributed by atoms with E-state index in [1.807, 2.05) is 30.3 Å². The van der Waals surface area contributed by atoms with Crippen molar-refractivity contribution in [1.82, 2.24) is 0 Å². The van der Waals surface area contributed by atoms with Gasteiger partial charge >= 0.3 is 5.97 Å². The number of aliphatic carboxylic acids is 1. The van der Waals surface area contributed by atoms with Crippen LogP contribution < -0.4 is 4.90 Å². The molecule has 21 heavy (non-hydrogen) atoms. The summed E-state index contributed by atoms with van der Waals surface area (Å²) in [5, 5.41) is 8.69. The lowest BCUT2D eigenvalue weighted by atomic mass is 10.2. The van der Waals surface area contributed by atoms with Crippen molar-refractivity contribution in [3.63, 3.8) is 0 Å². The van der Waals surface area contributed by atoms with E-state index in [0.29, 0.717) is 26.2 Å². The molecule has 0 saturated heterocycles. The number of carbonyl (C=O) groups excluding carboxylic acids is 1. The highest BCUT2D eigenvalue weighted by Gasteiger charge is 2.15. The van der Waals surface area contributed by atoms with E-state index in [4.69, 9.17) is 14.6 Å². The van der Waals surface area contributed by atoms with E-state index in [0.717, 1.165) is 5.69 Å². The highest BCUT2D eigenvalue weighted by Crippen LogP contribution is 2.14. The maximum Gasteiger partial charge on any atom is 0.303 e. The van der Waals surface area contributed by atoms with Crippen LogP contribution in [0.25, 0.3) is 0 Å². The second kappa shape index (κ2) is 9.90. The topological polar surface area (TPSA) is 76.1 Å². The van der Waals surface area contributed by atoms with Crippen LogP contribution in [0.1, 0.15) is 12.8 Å². The molecule has 6 nitrogen and oxygen atoms in total. The summed E-state index contributed by atoms with van der Waals surface area (Å²) in [4.78, 5) is 24.3. The standard InChI is InChI=1S/C15H21NO5/c1-20-10-11-21-12-14(17)16(9-5-8-15(18)19)13-6-3-2-4-7-13/h2-4,6-7H,5,8-12H2,1H3,(H,18,19). The van der Waals surface area contributed by atoms with Crippen LogP contribution in [-0.2, 0) is 19.1 Å². The molecule has 0 spiro atoms. The van der Waals surface area contributed by atoms with Crippen molar-refractivity contribution in [3.05, 3.63) is 30.3 Å². The molecular weight excluding hydrogens is 274 g/mol. The van der Waals surface area contributed by atoms with Crippen LogP contribution in [0.5, 0.6) is 0 Å². The summed E-state index contributed by atoms with van der Waals surface area (Å²) in [6.45, 7) is 1.08. The number of para-hydroxylation sites is 1. The molecule has 0 fully saturated rings. The third-order valence-electron chi connectivity index (χ3n) is 2.80. The smallest absolute Gasteiger partial charge is 0.303 e. The number of carboxylic acid groups (broad SMARTS) is 1. The summed E-state index contributed by atoms with van der Waals surface area (Å²) < 4.78 is 10.1. The molecule has 116 valence electrons. The molecule has 0 aliphatic heterocycles. The summed E-state index contributed by atoms with van der Waals surface area (Å²) in [7, 11) is 1.56. The number of carboxylic acids is 1. The number of anilines is 1. The molecule has 0 aliphatic carbocycles. The maximum absolute atomic E-state index is 12.2. The van der Waals surface area contributed by atoms with Crippen LogP contribution >= 0.6 is 0 Å². The Balaban J connectivity index is 2.58. The minimum Gasteiger partial charge on any atom is -0.481 e. The van der Waals surface area contributed by atoms with Crippen LogP contribution in [0.2, 0.25) is 0 Å². The second-order valence-electron chi connectivity index (χ2n) is 4.42. The Labute approximate surface area is 124 Å². The average molecular weight is 295 g/mol. The Morgan fingerprint density at radius 2 is 1.90 bits per heavy atom. The summed E-state index contributed by atoms with van der Waals surface area (Å²) in [5.74, 6) is -1.06. The second-order valence-corrected chi connectivity index (χ2v) is 4.42. The number of amides is 1. The van der Waals surface area contributed by atoms with Gasteiger partial charge < -0.3 is 19.5 Å². The predicted octanol–water partition coefficient (Wildman–Crippen LogP) is 1.55. The molecule has 1 rings (SSSR count). The molecular formula is C15H21NO5. The summed E-state index contributed by atoms with van der Waals surface area (Å²) in [5.41, 5.74) is 0.739. The quantitative estimate of drug-likeness (QED) is 0.663. The molecule has 0 heterocycles. The molecule has 1 aromatic carbocycles. The van der Waals surface area contributed by atoms with Crippen molar-refractivity contribution < 1.29 is 24.2 Å². The number of carbonyl (C=O) groups is 2. The number of benzene rings is 1. The van der Waals surface area contributed by atoms with Gasteiger partial charge in [0.2, 0.25) is 0 Å². The molecule has 0 unspecified atom stereocenters. The van der Waals surface area contributed by atoms with E-state index in [9.17, 15) is 9.59 Å². The zero-order valence-electron chi connectivity index (χ0n) is 12.2. The van der Waals surface area contributed by atoms with Gasteiger partial charge in [-0.05, 0) is 18.6 Å². The average Bonchev–Trinajstić information content (AvgIpc) is 2.48. The van der Waals surface area contributed by atoms with Gasteiger partial charge in [0.1, 0.15) is 6.61 Å². The fourth-order valence-electron chi connectivity index (χ4n) is 1.77. The third-order valence-corrected chi connectivity index (χ3v) is 2.80. The normalized spacial score (nSPS) is 10.3. The van der Waals surface area contributed by atoms with E-state index in [2.05, 4.69) is 0 Å². The van der Waals surface area contributed by atoms with Gasteiger partial charge in [-0.2, -0.15) is 0 Å². The largest absolute Gasteiger partial charge is 0.481 e. The van der Waals surface area contributed by atoms with Crippen LogP contribution in [0, 0.1) is 0 Å². The van der Waals surface area contributed by atoms with Gasteiger partial charge in [0.05, 0.1) is 13.2 Å². The predicted molar refractivity (Wildman–Crippen MR) is 78.4 cm³/mol. The first-order chi connectivity index (χ1) is 10.1. The van der Waals surface area contributed by atoms with Crippen molar-refractivity contribution in [2.45, 2.75) is 12.8 Å². The Bertz CT molecular complexity index is 435. The van der Waals surface area contributed by atoms with E-state index < -0.39 is 5.97 Å². The molecule has 1 N–H and O–H groups in total. The van der Waals surface area contributed by atoms with Crippen molar-refractivity contribution in [2.24, 2.45) is 0 Å². The van der Waals surface area contributed by atoms with E-state index >= 15 is 0 Å². The van der Waals surface area contributed by atoms with Gasteiger partial charge in [-0.1, -0.05) is 18.2 Å². The lowest BCUT2D eigenvalue weighted by molar-refractivity contribution is -0.137. The van der Waals surface area contributed by atoms with E-state index in [1.54, 1.807) is 12.0 Å². The summed E-state index contributed by atoms with van der Waals surface area (Å²) in [6.07, 6.45) is 0.426. The zero-order chi connectivity index (χ0) is 15.5. The Kier molecular flexibility index (Phi) is 8.08. The molecule has 0 aromatic heterocycles. The number of hydrogen-bond donors (Lipinski definition) is 1. The summed E-state index contributed by atoms with van der Waals surface area (Å²) in [6, 6.07) is 9.15. The third kappa shape index (κ3) is 6.87. The molecule has 0 aliphatic rings. The number of nitrogens with zero attached hydrogens (tertiary/aromatic N) is 1. The number of ether oxygens (including phenoxy) is 2. The number of hydrogen-bond acceptors (Lipinski definition) is 4. The molecule has 1 amide bonds. The van der Waals surface area contributed by atoms with E-state index in [1.165, 1.54) is 0 Å². The Morgan fingerprint density at radius 1 is 1.19 bits per heavy atom. The summed E-state index contributed by atoms with van der Waals surface area (Å²) >= 11 is 0. The first-order valence-electron chi connectivity index (χ1n) is 6.79. The molecule has 6 heteroatoms. The SMILES string of the molecule is COCCOCC(=O)N(CCCC(=O)O)c1ccccc1. The maximum atomic E-state index is 12.2. The van der Waals surface area contributed by atoms with Crippen LogP contribution in [0.3, 0.4) is 0 Å². The van der Waals surface area contributed by atoms with Crippen molar-refractivity contribution >= 4 is 17.6 Å². The van der Waals surface area contributed by atoms with Crippen molar-refractivity contribution in [2.75, 3.05) is 38.4 Å². The van der Waals surface area contributed by atoms with Crippen LogP contribution in [0.15, 0.2) is 30.3 Å². The first-order valence-corrected chi connectivity index (χ1v) is 6.79. The fraction of sp³-hybridized carbons (Fsp3) is 0.467. The minimum absolute atomic E-state index is 0.0289. The van der Waals surface area contributed by atoms with Crippen LogP contribution in [-0.4, -0.2) is 50.5 Å². The molecule has 0 bridgehead atoms. The number of methoxy groups -OCH3 is 1. The van der Waals surface area contributed by atoms with Crippen molar-refractivity contribution in [1.29, 1.82) is 0 Å². The minimum atomic E-state index is -0.869. The molecule has 0 saturated carbocycles. The fourth-order valence-corrected chi connectivity index (χ4v) is 1.77.